The molecule has 20 heavy (non-hydrogen) atoms. The van der Waals surface area contributed by atoms with Gasteiger partial charge in [0.2, 0.25) is 5.91 Å². The third kappa shape index (κ3) is 3.62. The Morgan fingerprint density at radius 1 is 1.35 bits per heavy atom. The van der Waals surface area contributed by atoms with Crippen molar-refractivity contribution in [1.82, 2.24) is 14.5 Å². The number of amides is 1. The Hall–Kier alpha value is -1.32. The van der Waals surface area contributed by atoms with Crippen LogP contribution < -0.4 is 0 Å². The van der Waals surface area contributed by atoms with Crippen LogP contribution in [0.2, 0.25) is 0 Å². The molecule has 0 aromatic carbocycles. The molecule has 1 amide bonds. The van der Waals surface area contributed by atoms with Crippen molar-refractivity contribution in [3.8, 4) is 0 Å². The van der Waals surface area contributed by atoms with Crippen LogP contribution in [0.4, 0.5) is 0 Å². The van der Waals surface area contributed by atoms with Crippen LogP contribution in [0.5, 0.6) is 0 Å². The fraction of sp³-hybridized carbons (Fsp3) is 0.750. The molecule has 4 heteroatoms. The van der Waals surface area contributed by atoms with Crippen LogP contribution in [0.15, 0.2) is 6.20 Å². The number of aromatic nitrogens is 2. The molecule has 1 aliphatic heterocycles. The van der Waals surface area contributed by atoms with E-state index >= 15 is 0 Å². The second-order valence-electron chi connectivity index (χ2n) is 6.48. The number of carbonyl (C=O) groups excluding carboxylic acids is 1. The lowest BCUT2D eigenvalue weighted by Crippen LogP contribution is -2.39. The number of imidazole rings is 1. The van der Waals surface area contributed by atoms with Crippen molar-refractivity contribution in [3.05, 3.63) is 17.7 Å². The zero-order valence-electron chi connectivity index (χ0n) is 13.2. The molecule has 1 aliphatic rings. The molecule has 2 rings (SSSR count). The van der Waals surface area contributed by atoms with E-state index < -0.39 is 0 Å². The normalized spacial score (nSPS) is 16.9. The highest BCUT2D eigenvalue weighted by atomic mass is 16.2. The first-order chi connectivity index (χ1) is 9.47. The molecule has 0 bridgehead atoms. The maximum absolute atomic E-state index is 12.1. The molecule has 1 fully saturated rings. The van der Waals surface area contributed by atoms with Crippen molar-refractivity contribution in [2.24, 2.45) is 11.8 Å². The van der Waals surface area contributed by atoms with E-state index in [2.05, 4.69) is 37.2 Å². The largest absolute Gasteiger partial charge is 0.343 e. The molecule has 1 saturated heterocycles. The standard InChI is InChI=1S/C16H27N3O/c1-12(2)9-16(20)18-7-5-15(6-8-18)11-19-13(3)10-17-14(19)4/h10,12,15H,5-9,11H2,1-4H3. The van der Waals surface area contributed by atoms with Gasteiger partial charge in [0, 0.05) is 37.9 Å². The Bertz CT molecular complexity index is 437. The first kappa shape index (κ1) is 15.1. The van der Waals surface area contributed by atoms with Crippen molar-refractivity contribution in [2.75, 3.05) is 13.1 Å². The summed E-state index contributed by atoms with van der Waals surface area (Å²) in [6.07, 6.45) is 4.85. The Morgan fingerprint density at radius 2 is 2.00 bits per heavy atom. The number of carbonyl (C=O) groups is 1. The van der Waals surface area contributed by atoms with E-state index in [1.54, 1.807) is 0 Å². The zero-order valence-corrected chi connectivity index (χ0v) is 13.2. The van der Waals surface area contributed by atoms with E-state index in [9.17, 15) is 4.79 Å². The van der Waals surface area contributed by atoms with Gasteiger partial charge in [-0.2, -0.15) is 0 Å². The van der Waals surface area contributed by atoms with Gasteiger partial charge < -0.3 is 9.47 Å². The molecule has 112 valence electrons. The molecule has 0 atom stereocenters. The average Bonchev–Trinajstić information content (AvgIpc) is 2.70. The summed E-state index contributed by atoms with van der Waals surface area (Å²) in [4.78, 5) is 18.5. The van der Waals surface area contributed by atoms with Gasteiger partial charge in [0.05, 0.1) is 0 Å². The summed E-state index contributed by atoms with van der Waals surface area (Å²) in [6, 6.07) is 0. The lowest BCUT2D eigenvalue weighted by Gasteiger charge is -2.33. The number of likely N-dealkylation sites (tertiary alicyclic amines) is 1. The Kier molecular flexibility index (Phi) is 4.84. The first-order valence-electron chi connectivity index (χ1n) is 7.74. The van der Waals surface area contributed by atoms with Crippen molar-refractivity contribution < 1.29 is 4.79 Å². The number of aryl methyl sites for hydroxylation is 2. The molecule has 4 nitrogen and oxygen atoms in total. The summed E-state index contributed by atoms with van der Waals surface area (Å²) >= 11 is 0. The maximum Gasteiger partial charge on any atom is 0.222 e. The number of nitrogens with zero attached hydrogens (tertiary/aromatic N) is 3. The number of hydrogen-bond acceptors (Lipinski definition) is 2. The first-order valence-corrected chi connectivity index (χ1v) is 7.74. The van der Waals surface area contributed by atoms with E-state index in [1.165, 1.54) is 5.69 Å². The minimum atomic E-state index is 0.327. The molecular weight excluding hydrogens is 250 g/mol. The van der Waals surface area contributed by atoms with Gasteiger partial charge in [-0.05, 0) is 38.5 Å². The van der Waals surface area contributed by atoms with E-state index in [-0.39, 0.29) is 0 Å². The summed E-state index contributed by atoms with van der Waals surface area (Å²) in [5.41, 5.74) is 1.24. The average molecular weight is 277 g/mol. The zero-order chi connectivity index (χ0) is 14.7. The summed E-state index contributed by atoms with van der Waals surface area (Å²) in [5.74, 6) is 2.55. The molecule has 0 aliphatic carbocycles. The summed E-state index contributed by atoms with van der Waals surface area (Å²) < 4.78 is 2.30. The van der Waals surface area contributed by atoms with Crippen LogP contribution in [0, 0.1) is 25.7 Å². The van der Waals surface area contributed by atoms with Crippen molar-refractivity contribution >= 4 is 5.91 Å². The highest BCUT2D eigenvalue weighted by Crippen LogP contribution is 2.21. The topological polar surface area (TPSA) is 38.1 Å². The molecule has 2 heterocycles. The minimum Gasteiger partial charge on any atom is -0.343 e. The highest BCUT2D eigenvalue weighted by molar-refractivity contribution is 5.76. The van der Waals surface area contributed by atoms with Gasteiger partial charge in [0.25, 0.3) is 0 Å². The molecule has 0 radical (unpaired) electrons. The predicted octanol–water partition coefficient (Wildman–Crippen LogP) is 2.78. The lowest BCUT2D eigenvalue weighted by molar-refractivity contribution is -0.133. The summed E-state index contributed by atoms with van der Waals surface area (Å²) in [6.45, 7) is 11.3. The van der Waals surface area contributed by atoms with Gasteiger partial charge >= 0.3 is 0 Å². The van der Waals surface area contributed by atoms with Crippen molar-refractivity contribution in [2.45, 2.75) is 53.5 Å². The third-order valence-corrected chi connectivity index (χ3v) is 4.25. The fourth-order valence-electron chi connectivity index (χ4n) is 2.96. The van der Waals surface area contributed by atoms with Crippen LogP contribution in [-0.4, -0.2) is 33.4 Å². The van der Waals surface area contributed by atoms with E-state index in [0.29, 0.717) is 24.2 Å². The van der Waals surface area contributed by atoms with Crippen LogP contribution in [-0.2, 0) is 11.3 Å². The van der Waals surface area contributed by atoms with Crippen LogP contribution in [0.3, 0.4) is 0 Å². The molecular formula is C16H27N3O. The number of hydrogen-bond donors (Lipinski definition) is 0. The smallest absolute Gasteiger partial charge is 0.222 e. The van der Waals surface area contributed by atoms with Crippen LogP contribution in [0.1, 0.15) is 44.6 Å². The number of piperidine rings is 1. The van der Waals surface area contributed by atoms with Gasteiger partial charge in [-0.15, -0.1) is 0 Å². The quantitative estimate of drug-likeness (QED) is 0.849. The summed E-state index contributed by atoms with van der Waals surface area (Å²) in [7, 11) is 0. The third-order valence-electron chi connectivity index (χ3n) is 4.25. The van der Waals surface area contributed by atoms with Gasteiger partial charge in [-0.3, -0.25) is 4.79 Å². The summed E-state index contributed by atoms with van der Waals surface area (Å²) in [5, 5.41) is 0. The Balaban J connectivity index is 1.84. The second-order valence-corrected chi connectivity index (χ2v) is 6.48. The van der Waals surface area contributed by atoms with E-state index in [0.717, 1.165) is 38.3 Å². The minimum absolute atomic E-state index is 0.327. The van der Waals surface area contributed by atoms with Gasteiger partial charge in [0.1, 0.15) is 5.82 Å². The van der Waals surface area contributed by atoms with Gasteiger partial charge in [-0.25, -0.2) is 4.98 Å². The Morgan fingerprint density at radius 3 is 2.50 bits per heavy atom. The van der Waals surface area contributed by atoms with Crippen molar-refractivity contribution in [1.29, 1.82) is 0 Å². The molecule has 0 N–H and O–H groups in total. The SMILES string of the molecule is Cc1cnc(C)n1CC1CCN(C(=O)CC(C)C)CC1. The molecule has 0 saturated carbocycles. The molecule has 0 unspecified atom stereocenters. The van der Waals surface area contributed by atoms with Crippen molar-refractivity contribution in [3.63, 3.8) is 0 Å². The van der Waals surface area contributed by atoms with E-state index in [1.807, 2.05) is 11.1 Å². The Labute approximate surface area is 122 Å². The molecule has 1 aromatic heterocycles. The fourth-order valence-corrected chi connectivity index (χ4v) is 2.96. The number of rotatable bonds is 4. The maximum atomic E-state index is 12.1. The molecule has 0 spiro atoms. The van der Waals surface area contributed by atoms with Crippen LogP contribution in [0.25, 0.3) is 0 Å². The lowest BCUT2D eigenvalue weighted by atomic mass is 9.96. The van der Waals surface area contributed by atoms with Crippen LogP contribution >= 0.6 is 0 Å². The predicted molar refractivity (Wildman–Crippen MR) is 80.5 cm³/mol. The van der Waals surface area contributed by atoms with Gasteiger partial charge in [-0.1, -0.05) is 13.8 Å². The monoisotopic (exact) mass is 277 g/mol. The molecule has 1 aromatic rings. The van der Waals surface area contributed by atoms with E-state index in [4.69, 9.17) is 0 Å². The van der Waals surface area contributed by atoms with Gasteiger partial charge in [0.15, 0.2) is 0 Å². The highest BCUT2D eigenvalue weighted by Gasteiger charge is 2.23. The second kappa shape index (κ2) is 6.42.